The van der Waals surface area contributed by atoms with E-state index in [9.17, 15) is 14.4 Å². The van der Waals surface area contributed by atoms with E-state index in [4.69, 9.17) is 0 Å². The zero-order valence-electron chi connectivity index (χ0n) is 11.8. The van der Waals surface area contributed by atoms with Crippen molar-refractivity contribution in [2.75, 3.05) is 25.6 Å². The van der Waals surface area contributed by atoms with Crippen molar-refractivity contribution in [3.63, 3.8) is 0 Å². The highest BCUT2D eigenvalue weighted by molar-refractivity contribution is 6.02. The lowest BCUT2D eigenvalue weighted by atomic mass is 10.1. The predicted molar refractivity (Wildman–Crippen MR) is 74.5 cm³/mol. The highest BCUT2D eigenvalue weighted by Gasteiger charge is 2.18. The van der Waals surface area contributed by atoms with E-state index < -0.39 is 5.97 Å². The molecule has 0 atom stereocenters. The van der Waals surface area contributed by atoms with E-state index in [1.807, 2.05) is 0 Å². The van der Waals surface area contributed by atoms with Crippen LogP contribution in [0.15, 0.2) is 24.3 Å². The maximum absolute atomic E-state index is 12.0. The first-order valence-corrected chi connectivity index (χ1v) is 6.15. The minimum absolute atomic E-state index is 0.158. The number of hydrogen-bond acceptors (Lipinski definition) is 4. The Kier molecular flexibility index (Phi) is 5.71. The van der Waals surface area contributed by atoms with E-state index in [2.05, 4.69) is 10.1 Å². The monoisotopic (exact) mass is 278 g/mol. The van der Waals surface area contributed by atoms with Crippen molar-refractivity contribution in [3.8, 4) is 0 Å². The molecule has 1 aromatic carbocycles. The number of hydrogen-bond donors (Lipinski definition) is 1. The van der Waals surface area contributed by atoms with Crippen LogP contribution in [0.5, 0.6) is 0 Å². The van der Waals surface area contributed by atoms with E-state index in [0.717, 1.165) is 0 Å². The molecule has 1 aromatic rings. The van der Waals surface area contributed by atoms with Gasteiger partial charge in [-0.3, -0.25) is 9.59 Å². The molecule has 0 aromatic heterocycles. The summed E-state index contributed by atoms with van der Waals surface area (Å²) < 4.78 is 4.69. The summed E-state index contributed by atoms with van der Waals surface area (Å²) >= 11 is 0. The van der Waals surface area contributed by atoms with Crippen LogP contribution in [0, 0.1) is 0 Å². The Morgan fingerprint density at radius 3 is 2.50 bits per heavy atom. The number of amides is 2. The Balaban J connectivity index is 2.81. The second-order valence-corrected chi connectivity index (χ2v) is 4.19. The lowest BCUT2D eigenvalue weighted by molar-refractivity contribution is -0.119. The normalized spacial score (nSPS) is 9.75. The smallest absolute Gasteiger partial charge is 0.339 e. The highest BCUT2D eigenvalue weighted by Crippen LogP contribution is 2.20. The average molecular weight is 278 g/mol. The standard InChI is InChI=1S/C14H18N2O4/c1-10(17)15-9-8-13(18)16(2)12-7-5-4-6-11(12)14(19)20-3/h4-7H,8-9H2,1-3H3,(H,15,17). The maximum Gasteiger partial charge on any atom is 0.339 e. The van der Waals surface area contributed by atoms with E-state index in [-0.39, 0.29) is 24.8 Å². The molecular weight excluding hydrogens is 260 g/mol. The van der Waals surface area contributed by atoms with Gasteiger partial charge in [-0.1, -0.05) is 12.1 Å². The van der Waals surface area contributed by atoms with E-state index in [1.165, 1.54) is 18.9 Å². The lowest BCUT2D eigenvalue weighted by Gasteiger charge is -2.19. The van der Waals surface area contributed by atoms with Crippen LogP contribution in [0.3, 0.4) is 0 Å². The van der Waals surface area contributed by atoms with Crippen LogP contribution < -0.4 is 10.2 Å². The van der Waals surface area contributed by atoms with Crippen molar-refractivity contribution in [1.82, 2.24) is 5.32 Å². The van der Waals surface area contributed by atoms with Gasteiger partial charge in [0.25, 0.3) is 0 Å². The van der Waals surface area contributed by atoms with Gasteiger partial charge in [0, 0.05) is 26.9 Å². The summed E-state index contributed by atoms with van der Waals surface area (Å²) in [6, 6.07) is 6.70. The quantitative estimate of drug-likeness (QED) is 0.814. The van der Waals surface area contributed by atoms with Crippen LogP contribution in [-0.4, -0.2) is 38.5 Å². The number of benzene rings is 1. The summed E-state index contributed by atoms with van der Waals surface area (Å²) in [7, 11) is 2.87. The van der Waals surface area contributed by atoms with Gasteiger partial charge in [0.2, 0.25) is 11.8 Å². The zero-order chi connectivity index (χ0) is 15.1. The number of anilines is 1. The van der Waals surface area contributed by atoms with Crippen molar-refractivity contribution in [2.45, 2.75) is 13.3 Å². The summed E-state index contributed by atoms with van der Waals surface area (Å²) in [5.41, 5.74) is 0.803. The van der Waals surface area contributed by atoms with Gasteiger partial charge >= 0.3 is 5.97 Å². The van der Waals surface area contributed by atoms with Gasteiger partial charge < -0.3 is 15.0 Å². The van der Waals surface area contributed by atoms with Crippen LogP contribution in [0.2, 0.25) is 0 Å². The number of nitrogens with one attached hydrogen (secondary N) is 1. The fourth-order valence-electron chi connectivity index (χ4n) is 1.70. The summed E-state index contributed by atoms with van der Waals surface area (Å²) in [6.45, 7) is 1.65. The molecule has 6 heteroatoms. The average Bonchev–Trinajstić information content (AvgIpc) is 2.45. The summed E-state index contributed by atoms with van der Waals surface area (Å²) in [4.78, 5) is 35.8. The molecule has 6 nitrogen and oxygen atoms in total. The minimum atomic E-state index is -0.498. The second kappa shape index (κ2) is 7.28. The number of rotatable bonds is 5. The molecule has 0 aliphatic rings. The zero-order valence-corrected chi connectivity index (χ0v) is 11.8. The third-order valence-corrected chi connectivity index (χ3v) is 2.76. The molecular formula is C14H18N2O4. The molecule has 1 N–H and O–H groups in total. The Hall–Kier alpha value is -2.37. The topological polar surface area (TPSA) is 75.7 Å². The molecule has 0 bridgehead atoms. The largest absolute Gasteiger partial charge is 0.465 e. The molecule has 2 amide bonds. The summed E-state index contributed by atoms with van der Waals surface area (Å²) in [6.07, 6.45) is 0.158. The van der Waals surface area contributed by atoms with Gasteiger partial charge in [-0.25, -0.2) is 4.79 Å². The van der Waals surface area contributed by atoms with Crippen molar-refractivity contribution in [3.05, 3.63) is 29.8 Å². The van der Waals surface area contributed by atoms with Gasteiger partial charge in [0.1, 0.15) is 0 Å². The van der Waals surface area contributed by atoms with E-state index in [0.29, 0.717) is 11.3 Å². The Bertz CT molecular complexity index is 514. The molecule has 0 fully saturated rings. The molecule has 0 unspecified atom stereocenters. The molecule has 0 aliphatic carbocycles. The molecule has 0 radical (unpaired) electrons. The highest BCUT2D eigenvalue weighted by atomic mass is 16.5. The molecule has 0 saturated heterocycles. The van der Waals surface area contributed by atoms with Gasteiger partial charge in [0.05, 0.1) is 18.4 Å². The Morgan fingerprint density at radius 1 is 1.25 bits per heavy atom. The maximum atomic E-state index is 12.0. The van der Waals surface area contributed by atoms with Crippen molar-refractivity contribution in [2.24, 2.45) is 0 Å². The summed E-state index contributed by atoms with van der Waals surface area (Å²) in [5, 5.41) is 2.55. The molecule has 20 heavy (non-hydrogen) atoms. The lowest BCUT2D eigenvalue weighted by Crippen LogP contribution is -2.32. The number of carbonyl (C=O) groups excluding carboxylic acids is 3. The van der Waals surface area contributed by atoms with Crippen LogP contribution in [0.4, 0.5) is 5.69 Å². The van der Waals surface area contributed by atoms with Gasteiger partial charge in [-0.2, -0.15) is 0 Å². The van der Waals surface area contributed by atoms with Gasteiger partial charge in [-0.05, 0) is 12.1 Å². The third kappa shape index (κ3) is 4.08. The minimum Gasteiger partial charge on any atom is -0.465 e. The number of ether oxygens (including phenoxy) is 1. The van der Waals surface area contributed by atoms with E-state index >= 15 is 0 Å². The fourth-order valence-corrected chi connectivity index (χ4v) is 1.70. The van der Waals surface area contributed by atoms with Crippen LogP contribution in [0.25, 0.3) is 0 Å². The molecule has 108 valence electrons. The Labute approximate surface area is 117 Å². The molecule has 0 aliphatic heterocycles. The van der Waals surface area contributed by atoms with E-state index in [1.54, 1.807) is 31.3 Å². The van der Waals surface area contributed by atoms with Crippen molar-refractivity contribution >= 4 is 23.5 Å². The van der Waals surface area contributed by atoms with Gasteiger partial charge in [-0.15, -0.1) is 0 Å². The Morgan fingerprint density at radius 2 is 1.90 bits per heavy atom. The fraction of sp³-hybridized carbons (Fsp3) is 0.357. The second-order valence-electron chi connectivity index (χ2n) is 4.19. The number of esters is 1. The van der Waals surface area contributed by atoms with Crippen LogP contribution in [0.1, 0.15) is 23.7 Å². The predicted octanol–water partition coefficient (Wildman–Crippen LogP) is 0.962. The SMILES string of the molecule is COC(=O)c1ccccc1N(C)C(=O)CCNC(C)=O. The third-order valence-electron chi connectivity index (χ3n) is 2.76. The first kappa shape index (κ1) is 15.7. The molecule has 1 rings (SSSR count). The molecule has 0 spiro atoms. The molecule has 0 heterocycles. The van der Waals surface area contributed by atoms with Crippen LogP contribution >= 0.6 is 0 Å². The number of para-hydroxylation sites is 1. The van der Waals surface area contributed by atoms with Crippen molar-refractivity contribution in [1.29, 1.82) is 0 Å². The summed E-state index contributed by atoms with van der Waals surface area (Å²) in [5.74, 6) is -0.882. The number of carbonyl (C=O) groups is 3. The molecule has 0 saturated carbocycles. The van der Waals surface area contributed by atoms with Crippen LogP contribution in [-0.2, 0) is 14.3 Å². The first-order valence-electron chi connectivity index (χ1n) is 6.15. The van der Waals surface area contributed by atoms with Crippen molar-refractivity contribution < 1.29 is 19.1 Å². The first-order chi connectivity index (χ1) is 9.47. The number of nitrogens with zero attached hydrogens (tertiary/aromatic N) is 1. The number of methoxy groups -OCH3 is 1. The van der Waals surface area contributed by atoms with Gasteiger partial charge in [0.15, 0.2) is 0 Å².